The second kappa shape index (κ2) is 5.80. The highest BCUT2D eigenvalue weighted by atomic mass is 32.2. The van der Waals surface area contributed by atoms with Gasteiger partial charge in [0, 0.05) is 13.1 Å². The molecule has 74 valence electrons. The van der Waals surface area contributed by atoms with Crippen molar-refractivity contribution >= 4 is 22.9 Å². The molecule has 0 heterocycles. The first-order chi connectivity index (χ1) is 5.45. The summed E-state index contributed by atoms with van der Waals surface area (Å²) in [4.78, 5) is 0. The minimum absolute atomic E-state index is 0.250. The van der Waals surface area contributed by atoms with Gasteiger partial charge in [0.1, 0.15) is 0 Å². The van der Waals surface area contributed by atoms with Gasteiger partial charge >= 0.3 is 0 Å². The number of hydrogen-bond donors (Lipinski definition) is 2. The largest absolute Gasteiger partial charge is 0.286 e. The van der Waals surface area contributed by atoms with Crippen molar-refractivity contribution in [1.82, 2.24) is 4.31 Å². The van der Waals surface area contributed by atoms with Gasteiger partial charge in [0.15, 0.2) is 0 Å². The number of thiol groups is 1. The van der Waals surface area contributed by atoms with Crippen molar-refractivity contribution < 1.29 is 13.0 Å². The maximum absolute atomic E-state index is 10.3. The molecule has 0 aliphatic carbocycles. The summed E-state index contributed by atoms with van der Waals surface area (Å²) in [6.45, 7) is 3.06. The summed E-state index contributed by atoms with van der Waals surface area (Å²) in [7, 11) is -3.83. The van der Waals surface area contributed by atoms with Gasteiger partial charge in [-0.25, -0.2) is 0 Å². The van der Waals surface area contributed by atoms with Gasteiger partial charge in [-0.05, 0) is 6.42 Å². The van der Waals surface area contributed by atoms with E-state index in [1.807, 2.05) is 6.92 Å². The molecule has 0 bridgehead atoms. The molecule has 0 rings (SSSR count). The zero-order valence-corrected chi connectivity index (χ0v) is 8.81. The standard InChI is InChI=1S/C6H15NO3S2/c1-2-3-4-7(11)5-6-12(8,9)10/h11H,2-6H2,1H3,(H,8,9,10). The number of unbranched alkanes of at least 4 members (excludes halogenated alkanes) is 1. The molecule has 0 aromatic heterocycles. The highest BCUT2D eigenvalue weighted by molar-refractivity contribution is 7.85. The molecular formula is C6H15NO3S2. The molecular weight excluding hydrogens is 198 g/mol. The monoisotopic (exact) mass is 213 g/mol. The van der Waals surface area contributed by atoms with Crippen LogP contribution in [0.5, 0.6) is 0 Å². The SMILES string of the molecule is CCCCN(S)CCS(=O)(=O)O. The molecule has 0 radical (unpaired) electrons. The summed E-state index contributed by atoms with van der Waals surface area (Å²) in [5.74, 6) is -0.250. The van der Waals surface area contributed by atoms with Crippen molar-refractivity contribution in [2.24, 2.45) is 0 Å². The van der Waals surface area contributed by atoms with Gasteiger partial charge in [-0.2, -0.15) is 8.42 Å². The van der Waals surface area contributed by atoms with Gasteiger partial charge in [-0.15, -0.1) is 0 Å². The van der Waals surface area contributed by atoms with E-state index in [0.29, 0.717) is 0 Å². The van der Waals surface area contributed by atoms with Gasteiger partial charge in [-0.3, -0.25) is 8.86 Å². The first-order valence-corrected chi connectivity index (χ1v) is 5.85. The molecule has 4 nitrogen and oxygen atoms in total. The highest BCUT2D eigenvalue weighted by Crippen LogP contribution is 1.98. The third kappa shape index (κ3) is 8.32. The molecule has 0 amide bonds. The van der Waals surface area contributed by atoms with Crippen LogP contribution in [0.3, 0.4) is 0 Å². The quantitative estimate of drug-likeness (QED) is 0.506. The van der Waals surface area contributed by atoms with E-state index in [1.54, 1.807) is 4.31 Å². The Morgan fingerprint density at radius 1 is 1.42 bits per heavy atom. The van der Waals surface area contributed by atoms with E-state index in [9.17, 15) is 8.42 Å². The molecule has 0 aliphatic heterocycles. The molecule has 0 fully saturated rings. The van der Waals surface area contributed by atoms with E-state index >= 15 is 0 Å². The van der Waals surface area contributed by atoms with E-state index in [-0.39, 0.29) is 12.3 Å². The van der Waals surface area contributed by atoms with Gasteiger partial charge in [0.25, 0.3) is 10.1 Å². The Hall–Kier alpha value is 0.220. The Morgan fingerprint density at radius 3 is 2.42 bits per heavy atom. The van der Waals surface area contributed by atoms with Crippen LogP contribution in [0.2, 0.25) is 0 Å². The second-order valence-electron chi connectivity index (χ2n) is 2.59. The van der Waals surface area contributed by atoms with Crippen LogP contribution in [0.15, 0.2) is 0 Å². The summed E-state index contributed by atoms with van der Waals surface area (Å²) in [6.07, 6.45) is 2.03. The summed E-state index contributed by atoms with van der Waals surface area (Å²) in [5, 5.41) is 0. The summed E-state index contributed by atoms with van der Waals surface area (Å²) >= 11 is 4.03. The van der Waals surface area contributed by atoms with E-state index in [1.165, 1.54) is 0 Å². The number of hydrogen-bond acceptors (Lipinski definition) is 4. The normalized spacial score (nSPS) is 12.3. The zero-order valence-electron chi connectivity index (χ0n) is 7.10. The van der Waals surface area contributed by atoms with Gasteiger partial charge < -0.3 is 0 Å². The van der Waals surface area contributed by atoms with E-state index in [2.05, 4.69) is 12.8 Å². The van der Waals surface area contributed by atoms with Crippen LogP contribution in [-0.4, -0.2) is 36.1 Å². The van der Waals surface area contributed by atoms with Crippen molar-refractivity contribution in [2.75, 3.05) is 18.8 Å². The lowest BCUT2D eigenvalue weighted by Crippen LogP contribution is -2.22. The van der Waals surface area contributed by atoms with Crippen molar-refractivity contribution in [3.63, 3.8) is 0 Å². The van der Waals surface area contributed by atoms with Crippen molar-refractivity contribution in [3.8, 4) is 0 Å². The number of nitrogens with zero attached hydrogens (tertiary/aromatic N) is 1. The van der Waals surface area contributed by atoms with Crippen molar-refractivity contribution in [3.05, 3.63) is 0 Å². The fraction of sp³-hybridized carbons (Fsp3) is 1.00. The predicted molar refractivity (Wildman–Crippen MR) is 51.9 cm³/mol. The molecule has 1 N–H and O–H groups in total. The van der Waals surface area contributed by atoms with E-state index in [0.717, 1.165) is 19.4 Å². The summed E-state index contributed by atoms with van der Waals surface area (Å²) < 4.78 is 30.6. The van der Waals surface area contributed by atoms with Crippen LogP contribution in [0.4, 0.5) is 0 Å². The maximum atomic E-state index is 10.3. The lowest BCUT2D eigenvalue weighted by atomic mass is 10.3. The fourth-order valence-electron chi connectivity index (χ4n) is 0.673. The molecule has 6 heteroatoms. The van der Waals surface area contributed by atoms with Crippen LogP contribution in [0, 0.1) is 0 Å². The average Bonchev–Trinajstić information content (AvgIpc) is 1.95. The summed E-state index contributed by atoms with van der Waals surface area (Å²) in [6, 6.07) is 0. The molecule has 0 aliphatic rings. The van der Waals surface area contributed by atoms with Crippen LogP contribution in [-0.2, 0) is 10.1 Å². The Kier molecular flexibility index (Phi) is 5.90. The highest BCUT2D eigenvalue weighted by Gasteiger charge is 2.06. The molecule has 0 atom stereocenters. The molecule has 0 aromatic rings. The molecule has 0 aromatic carbocycles. The lowest BCUT2D eigenvalue weighted by Gasteiger charge is -2.12. The minimum atomic E-state index is -3.83. The third-order valence-electron chi connectivity index (χ3n) is 1.38. The molecule has 0 saturated carbocycles. The molecule has 12 heavy (non-hydrogen) atoms. The van der Waals surface area contributed by atoms with Gasteiger partial charge in [0.2, 0.25) is 0 Å². The van der Waals surface area contributed by atoms with E-state index in [4.69, 9.17) is 4.55 Å². The maximum Gasteiger partial charge on any atom is 0.266 e. The number of rotatable bonds is 6. The second-order valence-corrected chi connectivity index (χ2v) is 4.73. The summed E-state index contributed by atoms with van der Waals surface area (Å²) in [5.41, 5.74) is 0. The van der Waals surface area contributed by atoms with Crippen molar-refractivity contribution in [1.29, 1.82) is 0 Å². The third-order valence-corrected chi connectivity index (χ3v) is 2.48. The molecule has 0 spiro atoms. The Labute approximate surface area is 79.2 Å². The van der Waals surface area contributed by atoms with Crippen LogP contribution in [0.25, 0.3) is 0 Å². The van der Waals surface area contributed by atoms with E-state index < -0.39 is 10.1 Å². The minimum Gasteiger partial charge on any atom is -0.286 e. The van der Waals surface area contributed by atoms with Crippen LogP contribution in [0.1, 0.15) is 19.8 Å². The first-order valence-electron chi connectivity index (χ1n) is 3.84. The average molecular weight is 213 g/mol. The zero-order chi connectivity index (χ0) is 9.61. The first kappa shape index (κ1) is 12.2. The smallest absolute Gasteiger partial charge is 0.266 e. The molecule has 0 saturated heterocycles. The van der Waals surface area contributed by atoms with Crippen LogP contribution < -0.4 is 0 Å². The predicted octanol–water partition coefficient (Wildman–Crippen LogP) is 0.821. The Morgan fingerprint density at radius 2 is 2.00 bits per heavy atom. The van der Waals surface area contributed by atoms with Gasteiger partial charge in [-0.1, -0.05) is 26.2 Å². The topological polar surface area (TPSA) is 57.6 Å². The van der Waals surface area contributed by atoms with Gasteiger partial charge in [0.05, 0.1) is 5.75 Å². The van der Waals surface area contributed by atoms with Crippen molar-refractivity contribution in [2.45, 2.75) is 19.8 Å². The Balaban J connectivity index is 3.51. The fourth-order valence-corrected chi connectivity index (χ4v) is 1.50. The lowest BCUT2D eigenvalue weighted by molar-refractivity contribution is 0.453. The molecule has 0 unspecified atom stereocenters. The Bertz CT molecular complexity index is 203. The van der Waals surface area contributed by atoms with Crippen LogP contribution >= 0.6 is 12.8 Å².